The van der Waals surface area contributed by atoms with Crippen molar-refractivity contribution in [1.82, 2.24) is 0 Å². The van der Waals surface area contributed by atoms with Crippen LogP contribution in [0.3, 0.4) is 0 Å². The van der Waals surface area contributed by atoms with Crippen LogP contribution in [-0.4, -0.2) is 11.0 Å². The maximum atomic E-state index is 10.7. The largest absolute Gasteiger partial charge is 0.382 e. The molecule has 2 rings (SSSR count). The number of nitrogens with zero attached hydrogens (tertiary/aromatic N) is 1. The Morgan fingerprint density at radius 1 is 1.44 bits per heavy atom. The molecule has 0 spiro atoms. The third-order valence-corrected chi connectivity index (χ3v) is 4.09. The number of anilines is 1. The van der Waals surface area contributed by atoms with Crippen LogP contribution in [0, 0.1) is 16.0 Å². The molecule has 98 valence electrons. The SMILES string of the molecule is CC1CCCC(Nc2ccc([N+](=O)[O-])c(Br)c2)C1. The zero-order valence-corrected chi connectivity index (χ0v) is 11.9. The van der Waals surface area contributed by atoms with Crippen molar-refractivity contribution >= 4 is 27.3 Å². The molecule has 1 aromatic rings. The number of nitro groups is 1. The Hall–Kier alpha value is -1.10. The Balaban J connectivity index is 2.05. The number of benzene rings is 1. The zero-order chi connectivity index (χ0) is 13.1. The van der Waals surface area contributed by atoms with Crippen LogP contribution in [0.15, 0.2) is 22.7 Å². The molecule has 5 heteroatoms. The van der Waals surface area contributed by atoms with Crippen LogP contribution in [0.1, 0.15) is 32.6 Å². The van der Waals surface area contributed by atoms with E-state index in [4.69, 9.17) is 0 Å². The Labute approximate surface area is 115 Å². The van der Waals surface area contributed by atoms with Gasteiger partial charge in [-0.1, -0.05) is 19.8 Å². The van der Waals surface area contributed by atoms with Gasteiger partial charge in [0.1, 0.15) is 0 Å². The molecule has 18 heavy (non-hydrogen) atoms. The molecule has 0 saturated heterocycles. The van der Waals surface area contributed by atoms with E-state index in [9.17, 15) is 10.1 Å². The van der Waals surface area contributed by atoms with Gasteiger partial charge in [0.05, 0.1) is 9.40 Å². The topological polar surface area (TPSA) is 55.2 Å². The van der Waals surface area contributed by atoms with Crippen LogP contribution < -0.4 is 5.32 Å². The number of hydrogen-bond acceptors (Lipinski definition) is 3. The van der Waals surface area contributed by atoms with Gasteiger partial charge in [-0.25, -0.2) is 0 Å². The lowest BCUT2D eigenvalue weighted by molar-refractivity contribution is -0.385. The quantitative estimate of drug-likeness (QED) is 0.667. The van der Waals surface area contributed by atoms with Gasteiger partial charge in [-0.05, 0) is 46.8 Å². The summed E-state index contributed by atoms with van der Waals surface area (Å²) in [6.45, 7) is 2.28. The summed E-state index contributed by atoms with van der Waals surface area (Å²) in [4.78, 5) is 10.3. The van der Waals surface area contributed by atoms with Gasteiger partial charge < -0.3 is 5.32 Å². The van der Waals surface area contributed by atoms with Crippen LogP contribution in [0.2, 0.25) is 0 Å². The monoisotopic (exact) mass is 312 g/mol. The highest BCUT2D eigenvalue weighted by Crippen LogP contribution is 2.30. The molecule has 1 saturated carbocycles. The van der Waals surface area contributed by atoms with E-state index >= 15 is 0 Å². The number of halogens is 1. The second kappa shape index (κ2) is 5.69. The van der Waals surface area contributed by atoms with Gasteiger partial charge in [0, 0.05) is 17.8 Å². The van der Waals surface area contributed by atoms with Gasteiger partial charge in [-0.2, -0.15) is 0 Å². The molecule has 1 N–H and O–H groups in total. The summed E-state index contributed by atoms with van der Waals surface area (Å²) in [5.74, 6) is 0.762. The van der Waals surface area contributed by atoms with Crippen molar-refractivity contribution < 1.29 is 4.92 Å². The lowest BCUT2D eigenvalue weighted by atomic mass is 9.87. The molecule has 1 aliphatic carbocycles. The molecule has 1 fully saturated rings. The van der Waals surface area contributed by atoms with E-state index in [-0.39, 0.29) is 10.6 Å². The molecule has 1 aliphatic rings. The van der Waals surface area contributed by atoms with E-state index in [1.165, 1.54) is 25.7 Å². The van der Waals surface area contributed by atoms with Gasteiger partial charge >= 0.3 is 0 Å². The second-order valence-electron chi connectivity index (χ2n) is 5.04. The fourth-order valence-corrected chi connectivity index (χ4v) is 3.07. The standard InChI is InChI=1S/C13H17BrN2O2/c1-9-3-2-4-10(7-9)15-11-5-6-13(16(17)18)12(14)8-11/h5-6,8-10,15H,2-4,7H2,1H3. The fraction of sp³-hybridized carbons (Fsp3) is 0.538. The average molecular weight is 313 g/mol. The summed E-state index contributed by atoms with van der Waals surface area (Å²) in [6.07, 6.45) is 4.92. The van der Waals surface area contributed by atoms with Crippen LogP contribution in [0.4, 0.5) is 11.4 Å². The van der Waals surface area contributed by atoms with Crippen molar-refractivity contribution in [2.45, 2.75) is 38.6 Å². The van der Waals surface area contributed by atoms with Crippen LogP contribution in [0.25, 0.3) is 0 Å². The Morgan fingerprint density at radius 3 is 2.83 bits per heavy atom. The predicted octanol–water partition coefficient (Wildman–Crippen LogP) is 4.35. The Kier molecular flexibility index (Phi) is 4.22. The van der Waals surface area contributed by atoms with Gasteiger partial charge in [-0.15, -0.1) is 0 Å². The molecule has 0 aliphatic heterocycles. The minimum atomic E-state index is -0.378. The van der Waals surface area contributed by atoms with E-state index in [2.05, 4.69) is 28.2 Å². The van der Waals surface area contributed by atoms with Crippen LogP contribution in [-0.2, 0) is 0 Å². The van der Waals surface area contributed by atoms with Crippen molar-refractivity contribution in [3.63, 3.8) is 0 Å². The Morgan fingerprint density at radius 2 is 2.22 bits per heavy atom. The normalized spacial score (nSPS) is 23.7. The second-order valence-corrected chi connectivity index (χ2v) is 5.89. The minimum Gasteiger partial charge on any atom is -0.382 e. The first kappa shape index (κ1) is 13.3. The molecule has 0 heterocycles. The summed E-state index contributed by atoms with van der Waals surface area (Å²) in [5.41, 5.74) is 1.06. The first-order valence-electron chi connectivity index (χ1n) is 6.26. The molecule has 2 unspecified atom stereocenters. The average Bonchev–Trinajstić information content (AvgIpc) is 2.28. The minimum absolute atomic E-state index is 0.109. The highest BCUT2D eigenvalue weighted by molar-refractivity contribution is 9.10. The molecule has 0 amide bonds. The zero-order valence-electron chi connectivity index (χ0n) is 10.4. The highest BCUT2D eigenvalue weighted by atomic mass is 79.9. The van der Waals surface area contributed by atoms with Crippen LogP contribution in [0.5, 0.6) is 0 Å². The predicted molar refractivity (Wildman–Crippen MR) is 75.8 cm³/mol. The van der Waals surface area contributed by atoms with E-state index in [1.807, 2.05) is 0 Å². The Bertz CT molecular complexity index is 451. The molecule has 0 bridgehead atoms. The van der Waals surface area contributed by atoms with Crippen molar-refractivity contribution in [1.29, 1.82) is 0 Å². The van der Waals surface area contributed by atoms with Crippen molar-refractivity contribution in [2.75, 3.05) is 5.32 Å². The molecule has 2 atom stereocenters. The maximum absolute atomic E-state index is 10.7. The number of hydrogen-bond donors (Lipinski definition) is 1. The summed E-state index contributed by atoms with van der Waals surface area (Å²) in [6, 6.07) is 5.60. The highest BCUT2D eigenvalue weighted by Gasteiger charge is 2.19. The van der Waals surface area contributed by atoms with Crippen molar-refractivity contribution in [2.24, 2.45) is 5.92 Å². The molecule has 0 aromatic heterocycles. The van der Waals surface area contributed by atoms with E-state index in [0.717, 1.165) is 11.6 Å². The molecular weight excluding hydrogens is 296 g/mol. The first-order chi connectivity index (χ1) is 8.56. The first-order valence-corrected chi connectivity index (χ1v) is 7.06. The third-order valence-electron chi connectivity index (χ3n) is 3.45. The van der Waals surface area contributed by atoms with E-state index < -0.39 is 0 Å². The summed E-state index contributed by atoms with van der Waals surface area (Å²) in [7, 11) is 0. The molecule has 4 nitrogen and oxygen atoms in total. The van der Waals surface area contributed by atoms with Crippen LogP contribution >= 0.6 is 15.9 Å². The summed E-state index contributed by atoms with van der Waals surface area (Å²) >= 11 is 3.24. The number of nitro benzene ring substituents is 1. The molecular formula is C13H17BrN2O2. The smallest absolute Gasteiger partial charge is 0.283 e. The fourth-order valence-electron chi connectivity index (χ4n) is 2.55. The summed E-state index contributed by atoms with van der Waals surface area (Å²) in [5, 5.41) is 14.2. The lowest BCUT2D eigenvalue weighted by Crippen LogP contribution is -2.26. The molecule has 0 radical (unpaired) electrons. The van der Waals surface area contributed by atoms with Gasteiger partial charge in [-0.3, -0.25) is 10.1 Å². The number of nitrogens with one attached hydrogen (secondary N) is 1. The summed E-state index contributed by atoms with van der Waals surface area (Å²) < 4.78 is 0.529. The third kappa shape index (κ3) is 3.22. The van der Waals surface area contributed by atoms with Gasteiger partial charge in [0.15, 0.2) is 0 Å². The van der Waals surface area contributed by atoms with Crippen molar-refractivity contribution in [3.05, 3.63) is 32.8 Å². The lowest BCUT2D eigenvalue weighted by Gasteiger charge is -2.28. The van der Waals surface area contributed by atoms with Gasteiger partial charge in [0.2, 0.25) is 0 Å². The van der Waals surface area contributed by atoms with E-state index in [1.54, 1.807) is 18.2 Å². The van der Waals surface area contributed by atoms with E-state index in [0.29, 0.717) is 10.5 Å². The molecule has 1 aromatic carbocycles. The number of rotatable bonds is 3. The van der Waals surface area contributed by atoms with Gasteiger partial charge in [0.25, 0.3) is 5.69 Å². The maximum Gasteiger partial charge on any atom is 0.283 e. The van der Waals surface area contributed by atoms with Crippen molar-refractivity contribution in [3.8, 4) is 0 Å².